The first-order chi connectivity index (χ1) is 13.3. The second kappa shape index (κ2) is 8.52. The average Bonchev–Trinajstić information content (AvgIpc) is 3.15. The molecule has 1 aromatic rings. The predicted octanol–water partition coefficient (Wildman–Crippen LogP) is 2.73. The third-order valence-electron chi connectivity index (χ3n) is 6.34. The van der Waals surface area contributed by atoms with Crippen molar-refractivity contribution in [3.05, 3.63) is 28.8 Å². The highest BCUT2D eigenvalue weighted by atomic mass is 16.4. The maximum absolute atomic E-state index is 12.9. The number of amides is 1. The molecule has 1 aromatic carbocycles. The van der Waals surface area contributed by atoms with Gasteiger partial charge in [-0.1, -0.05) is 19.1 Å². The molecule has 0 unspecified atom stereocenters. The highest BCUT2D eigenvalue weighted by molar-refractivity contribution is 5.79. The van der Waals surface area contributed by atoms with E-state index in [9.17, 15) is 19.8 Å². The topological polar surface area (TPSA) is 81.1 Å². The molecule has 0 spiro atoms. The van der Waals surface area contributed by atoms with Crippen molar-refractivity contribution in [3.63, 3.8) is 0 Å². The van der Waals surface area contributed by atoms with Crippen molar-refractivity contribution in [1.82, 2.24) is 9.80 Å². The molecule has 2 saturated heterocycles. The molecule has 154 valence electrons. The van der Waals surface area contributed by atoms with Crippen LogP contribution in [0.2, 0.25) is 0 Å². The van der Waals surface area contributed by atoms with Crippen LogP contribution in [0, 0.1) is 19.8 Å². The van der Waals surface area contributed by atoms with Gasteiger partial charge in [-0.05, 0) is 69.2 Å². The van der Waals surface area contributed by atoms with Crippen molar-refractivity contribution in [2.45, 2.75) is 65.0 Å². The van der Waals surface area contributed by atoms with Crippen molar-refractivity contribution in [2.75, 3.05) is 19.6 Å². The van der Waals surface area contributed by atoms with E-state index in [0.717, 1.165) is 48.9 Å². The van der Waals surface area contributed by atoms with E-state index in [1.54, 1.807) is 0 Å². The lowest BCUT2D eigenvalue weighted by atomic mass is 9.95. The molecule has 0 saturated carbocycles. The highest BCUT2D eigenvalue weighted by Crippen LogP contribution is 2.28. The lowest BCUT2D eigenvalue weighted by Gasteiger charge is -2.39. The zero-order chi connectivity index (χ0) is 20.4. The van der Waals surface area contributed by atoms with Crippen LogP contribution in [0.1, 0.15) is 49.3 Å². The summed E-state index contributed by atoms with van der Waals surface area (Å²) in [7, 11) is 0. The number of rotatable bonds is 5. The summed E-state index contributed by atoms with van der Waals surface area (Å²) < 4.78 is 0. The van der Waals surface area contributed by atoms with Crippen LogP contribution in [0.5, 0.6) is 5.75 Å². The number of carboxylic acids is 1. The first-order valence-corrected chi connectivity index (χ1v) is 10.3. The molecule has 2 aliphatic rings. The van der Waals surface area contributed by atoms with Crippen LogP contribution in [0.15, 0.2) is 12.1 Å². The fourth-order valence-corrected chi connectivity index (χ4v) is 4.83. The number of carbonyl (C=O) groups excluding carboxylic acids is 1. The second-order valence-electron chi connectivity index (χ2n) is 8.47. The zero-order valence-electron chi connectivity index (χ0n) is 17.1. The van der Waals surface area contributed by atoms with Gasteiger partial charge in [-0.25, -0.2) is 0 Å². The minimum Gasteiger partial charge on any atom is -0.507 e. The minimum absolute atomic E-state index is 0.113. The van der Waals surface area contributed by atoms with Crippen molar-refractivity contribution in [2.24, 2.45) is 5.92 Å². The number of carbonyl (C=O) groups is 2. The van der Waals surface area contributed by atoms with Crippen LogP contribution in [0.25, 0.3) is 0 Å². The van der Waals surface area contributed by atoms with Gasteiger partial charge in [0, 0.05) is 25.0 Å². The summed E-state index contributed by atoms with van der Waals surface area (Å²) in [5, 5.41) is 19.3. The number of phenols is 1. The maximum Gasteiger partial charge on any atom is 0.320 e. The molecule has 6 nitrogen and oxygen atoms in total. The van der Waals surface area contributed by atoms with E-state index in [0.29, 0.717) is 25.3 Å². The molecule has 2 aliphatic heterocycles. The van der Waals surface area contributed by atoms with Crippen LogP contribution in [-0.2, 0) is 16.0 Å². The molecule has 0 aliphatic carbocycles. The highest BCUT2D eigenvalue weighted by Gasteiger charge is 2.37. The number of piperidine rings is 1. The third-order valence-corrected chi connectivity index (χ3v) is 6.34. The summed E-state index contributed by atoms with van der Waals surface area (Å²) in [5.41, 5.74) is 2.76. The molecule has 3 rings (SSSR count). The molecule has 6 heteroatoms. The average molecular weight is 389 g/mol. The fraction of sp³-hybridized carbons (Fsp3) is 0.636. The lowest BCUT2D eigenvalue weighted by Crippen LogP contribution is -2.50. The van der Waals surface area contributed by atoms with E-state index in [-0.39, 0.29) is 23.9 Å². The van der Waals surface area contributed by atoms with E-state index in [2.05, 4.69) is 4.90 Å². The van der Waals surface area contributed by atoms with Gasteiger partial charge in [0.1, 0.15) is 11.8 Å². The molecular weight excluding hydrogens is 356 g/mol. The van der Waals surface area contributed by atoms with Gasteiger partial charge in [-0.2, -0.15) is 0 Å². The first kappa shape index (κ1) is 20.6. The van der Waals surface area contributed by atoms with E-state index in [1.165, 1.54) is 0 Å². The Hall–Kier alpha value is -2.08. The molecule has 1 amide bonds. The summed E-state index contributed by atoms with van der Waals surface area (Å²) in [4.78, 5) is 28.4. The number of benzene rings is 1. The van der Waals surface area contributed by atoms with Crippen LogP contribution in [-0.4, -0.2) is 63.6 Å². The molecule has 0 aromatic heterocycles. The Morgan fingerprint density at radius 3 is 2.29 bits per heavy atom. The number of hydrogen-bond acceptors (Lipinski definition) is 4. The molecule has 2 heterocycles. The number of nitrogens with zero attached hydrogens (tertiary/aromatic N) is 2. The molecule has 2 fully saturated rings. The zero-order valence-corrected chi connectivity index (χ0v) is 17.1. The fourth-order valence-electron chi connectivity index (χ4n) is 4.83. The summed E-state index contributed by atoms with van der Waals surface area (Å²) in [6, 6.07) is 3.83. The van der Waals surface area contributed by atoms with E-state index < -0.39 is 5.97 Å². The standard InChI is InChI=1S/C22H32N2O4/c1-14-11-17(12-15(2)20(14)25)13-16(3)21(26)23-9-6-18(7-10-23)24-8-4-5-19(24)22(27)28/h11-12,16,18-19,25H,4-10,13H2,1-3H3,(H,27,28)/t16-,19-/m1/s1. The Morgan fingerprint density at radius 1 is 1.11 bits per heavy atom. The van der Waals surface area contributed by atoms with Crippen LogP contribution in [0.4, 0.5) is 0 Å². The van der Waals surface area contributed by atoms with Gasteiger partial charge in [-0.15, -0.1) is 0 Å². The van der Waals surface area contributed by atoms with E-state index in [4.69, 9.17) is 0 Å². The molecular formula is C22H32N2O4. The van der Waals surface area contributed by atoms with E-state index in [1.807, 2.05) is 37.8 Å². The Balaban J connectivity index is 1.55. The van der Waals surface area contributed by atoms with Gasteiger partial charge >= 0.3 is 5.97 Å². The minimum atomic E-state index is -0.718. The lowest BCUT2D eigenvalue weighted by molar-refractivity contribution is -0.144. The first-order valence-electron chi connectivity index (χ1n) is 10.3. The normalized spacial score (nSPS) is 22.4. The molecule has 0 bridgehead atoms. The number of likely N-dealkylation sites (tertiary alicyclic amines) is 2. The van der Waals surface area contributed by atoms with Gasteiger partial charge in [0.2, 0.25) is 5.91 Å². The van der Waals surface area contributed by atoms with Gasteiger partial charge < -0.3 is 15.1 Å². The third kappa shape index (κ3) is 4.32. The SMILES string of the molecule is Cc1cc(C[C@@H](C)C(=O)N2CCC(N3CCC[C@@H]3C(=O)O)CC2)cc(C)c1O. The van der Waals surface area contributed by atoms with Crippen LogP contribution in [0.3, 0.4) is 0 Å². The number of aliphatic carboxylic acids is 1. The Morgan fingerprint density at radius 2 is 1.71 bits per heavy atom. The molecule has 2 N–H and O–H groups in total. The summed E-state index contributed by atoms with van der Waals surface area (Å²) >= 11 is 0. The van der Waals surface area contributed by atoms with Crippen molar-refractivity contribution < 1.29 is 19.8 Å². The number of aromatic hydroxyl groups is 1. The van der Waals surface area contributed by atoms with Gasteiger partial charge in [-0.3, -0.25) is 14.5 Å². The van der Waals surface area contributed by atoms with Crippen LogP contribution < -0.4 is 0 Å². The molecule has 2 atom stereocenters. The Bertz CT molecular complexity index is 717. The van der Waals surface area contributed by atoms with Gasteiger partial charge in [0.15, 0.2) is 0 Å². The van der Waals surface area contributed by atoms with Crippen molar-refractivity contribution in [3.8, 4) is 5.75 Å². The number of aryl methyl sites for hydroxylation is 2. The summed E-state index contributed by atoms with van der Waals surface area (Å²) in [6.45, 7) is 7.98. The Kier molecular flexibility index (Phi) is 6.28. The monoisotopic (exact) mass is 388 g/mol. The molecule has 28 heavy (non-hydrogen) atoms. The van der Waals surface area contributed by atoms with E-state index >= 15 is 0 Å². The van der Waals surface area contributed by atoms with Crippen molar-refractivity contribution >= 4 is 11.9 Å². The van der Waals surface area contributed by atoms with Gasteiger partial charge in [0.05, 0.1) is 0 Å². The smallest absolute Gasteiger partial charge is 0.320 e. The Labute approximate surface area is 167 Å². The largest absolute Gasteiger partial charge is 0.507 e. The summed E-state index contributed by atoms with van der Waals surface area (Å²) in [5.74, 6) is -0.341. The second-order valence-corrected chi connectivity index (χ2v) is 8.47. The van der Waals surface area contributed by atoms with Gasteiger partial charge in [0.25, 0.3) is 0 Å². The van der Waals surface area contributed by atoms with Crippen molar-refractivity contribution in [1.29, 1.82) is 0 Å². The van der Waals surface area contributed by atoms with Crippen LogP contribution >= 0.6 is 0 Å². The maximum atomic E-state index is 12.9. The quantitative estimate of drug-likeness (QED) is 0.811. The molecule has 0 radical (unpaired) electrons. The predicted molar refractivity (Wildman–Crippen MR) is 107 cm³/mol. The number of carboxylic acid groups (broad SMARTS) is 1. The number of phenolic OH excluding ortho intramolecular Hbond substituents is 1. The summed E-state index contributed by atoms with van der Waals surface area (Å²) in [6.07, 6.45) is 4.03. The number of hydrogen-bond donors (Lipinski definition) is 2.